The van der Waals surface area contributed by atoms with Crippen molar-refractivity contribution in [2.75, 3.05) is 19.0 Å². The molecule has 2 aromatic rings. The van der Waals surface area contributed by atoms with Gasteiger partial charge in [-0.1, -0.05) is 29.8 Å². The van der Waals surface area contributed by atoms with E-state index in [1.807, 2.05) is 0 Å². The summed E-state index contributed by atoms with van der Waals surface area (Å²) in [6.07, 6.45) is 2.85. The van der Waals surface area contributed by atoms with Gasteiger partial charge in [-0.2, -0.15) is 0 Å². The third-order valence-electron chi connectivity index (χ3n) is 2.98. The summed E-state index contributed by atoms with van der Waals surface area (Å²) in [6, 6.07) is 13.9. The van der Waals surface area contributed by atoms with Crippen LogP contribution in [0.1, 0.15) is 5.56 Å². The number of hydrogen-bond donors (Lipinski definition) is 1. The Labute approximate surface area is 144 Å². The van der Waals surface area contributed by atoms with Crippen LogP contribution in [0.25, 0.3) is 6.08 Å². The molecule has 0 atom stereocenters. The molecule has 0 heterocycles. The lowest BCUT2D eigenvalue weighted by atomic mass is 10.2. The molecule has 0 radical (unpaired) electrons. The van der Waals surface area contributed by atoms with Crippen LogP contribution < -0.4 is 10.1 Å². The topological polar surface area (TPSA) is 64.6 Å². The number of carbonyl (C=O) groups excluding carboxylic acids is 2. The molecule has 0 saturated heterocycles. The molecule has 0 bridgehead atoms. The number of anilines is 1. The van der Waals surface area contributed by atoms with Gasteiger partial charge in [-0.15, -0.1) is 0 Å². The normalized spacial score (nSPS) is 10.4. The lowest BCUT2D eigenvalue weighted by Crippen LogP contribution is -2.20. The second-order valence-corrected chi connectivity index (χ2v) is 5.21. The Bertz CT molecular complexity index is 741. The van der Waals surface area contributed by atoms with Crippen LogP contribution in [-0.4, -0.2) is 25.6 Å². The molecule has 1 amide bonds. The van der Waals surface area contributed by atoms with Gasteiger partial charge in [0.05, 0.1) is 7.11 Å². The predicted molar refractivity (Wildman–Crippen MR) is 93.1 cm³/mol. The number of benzene rings is 2. The average molecular weight is 346 g/mol. The van der Waals surface area contributed by atoms with E-state index in [2.05, 4.69) is 5.32 Å². The van der Waals surface area contributed by atoms with Crippen molar-refractivity contribution in [2.45, 2.75) is 0 Å². The highest BCUT2D eigenvalue weighted by molar-refractivity contribution is 6.30. The monoisotopic (exact) mass is 345 g/mol. The summed E-state index contributed by atoms with van der Waals surface area (Å²) in [5, 5.41) is 3.09. The number of nitrogens with one attached hydrogen (secondary N) is 1. The molecule has 5 nitrogen and oxygen atoms in total. The van der Waals surface area contributed by atoms with Crippen molar-refractivity contribution in [3.63, 3.8) is 0 Å². The van der Waals surface area contributed by atoms with Crippen LogP contribution in [-0.2, 0) is 14.3 Å². The average Bonchev–Trinajstić information content (AvgIpc) is 2.58. The van der Waals surface area contributed by atoms with E-state index in [0.29, 0.717) is 10.7 Å². The van der Waals surface area contributed by atoms with Crippen LogP contribution in [0.2, 0.25) is 5.02 Å². The van der Waals surface area contributed by atoms with Gasteiger partial charge in [0.25, 0.3) is 5.91 Å². The van der Waals surface area contributed by atoms with Crippen LogP contribution >= 0.6 is 11.6 Å². The third kappa shape index (κ3) is 5.78. The molecule has 124 valence electrons. The van der Waals surface area contributed by atoms with Crippen molar-refractivity contribution in [1.82, 2.24) is 0 Å². The standard InChI is InChI=1S/C18H16ClNO4/c1-23-16-8-5-13(6-9-16)7-10-18(22)24-12-17(21)20-15-4-2-3-14(19)11-15/h2-11H,12H2,1H3,(H,20,21). The molecule has 0 aliphatic carbocycles. The smallest absolute Gasteiger partial charge is 0.331 e. The molecule has 0 unspecified atom stereocenters. The van der Waals surface area contributed by atoms with E-state index in [-0.39, 0.29) is 6.61 Å². The summed E-state index contributed by atoms with van der Waals surface area (Å²) in [5.74, 6) is -0.317. The summed E-state index contributed by atoms with van der Waals surface area (Å²) in [5.41, 5.74) is 1.36. The highest BCUT2D eigenvalue weighted by Gasteiger charge is 2.06. The first-order chi connectivity index (χ1) is 11.6. The molecule has 2 rings (SSSR count). The largest absolute Gasteiger partial charge is 0.497 e. The minimum absolute atomic E-state index is 0.377. The zero-order valence-electron chi connectivity index (χ0n) is 13.0. The van der Waals surface area contributed by atoms with E-state index < -0.39 is 11.9 Å². The molecule has 0 spiro atoms. The number of carbonyl (C=O) groups is 2. The van der Waals surface area contributed by atoms with Gasteiger partial charge in [0.15, 0.2) is 6.61 Å². The quantitative estimate of drug-likeness (QED) is 0.642. The van der Waals surface area contributed by atoms with Crippen LogP contribution in [0.15, 0.2) is 54.6 Å². The van der Waals surface area contributed by atoms with Crippen LogP contribution in [0.3, 0.4) is 0 Å². The maximum absolute atomic E-state index is 11.7. The number of methoxy groups -OCH3 is 1. The minimum Gasteiger partial charge on any atom is -0.497 e. The Morgan fingerprint density at radius 1 is 1.17 bits per heavy atom. The fraction of sp³-hybridized carbons (Fsp3) is 0.111. The van der Waals surface area contributed by atoms with Gasteiger partial charge >= 0.3 is 5.97 Å². The molecule has 2 aromatic carbocycles. The lowest BCUT2D eigenvalue weighted by molar-refractivity contribution is -0.142. The maximum atomic E-state index is 11.7. The Morgan fingerprint density at radius 2 is 1.92 bits per heavy atom. The van der Waals surface area contributed by atoms with Gasteiger partial charge < -0.3 is 14.8 Å². The first-order valence-electron chi connectivity index (χ1n) is 7.11. The summed E-state index contributed by atoms with van der Waals surface area (Å²) in [4.78, 5) is 23.3. The fourth-order valence-electron chi connectivity index (χ4n) is 1.83. The first-order valence-corrected chi connectivity index (χ1v) is 7.49. The number of rotatable bonds is 6. The minimum atomic E-state index is -0.605. The van der Waals surface area contributed by atoms with Crippen molar-refractivity contribution in [1.29, 1.82) is 0 Å². The maximum Gasteiger partial charge on any atom is 0.331 e. The van der Waals surface area contributed by atoms with Gasteiger partial charge in [0, 0.05) is 16.8 Å². The van der Waals surface area contributed by atoms with Crippen molar-refractivity contribution in [3.05, 3.63) is 65.2 Å². The highest BCUT2D eigenvalue weighted by Crippen LogP contribution is 2.15. The predicted octanol–water partition coefficient (Wildman–Crippen LogP) is 3.54. The summed E-state index contributed by atoms with van der Waals surface area (Å²) >= 11 is 5.82. The Hall–Kier alpha value is -2.79. The molecule has 0 fully saturated rings. The molecule has 0 aliphatic rings. The molecular formula is C18H16ClNO4. The van der Waals surface area contributed by atoms with Gasteiger partial charge in [-0.05, 0) is 42.0 Å². The van der Waals surface area contributed by atoms with Crippen molar-refractivity contribution >= 4 is 35.2 Å². The Kier molecular flexibility index (Phi) is 6.40. The fourth-order valence-corrected chi connectivity index (χ4v) is 2.02. The van der Waals surface area contributed by atoms with Gasteiger partial charge in [-0.25, -0.2) is 4.79 Å². The molecule has 6 heteroatoms. The molecule has 1 N–H and O–H groups in total. The number of halogens is 1. The van der Waals surface area contributed by atoms with E-state index >= 15 is 0 Å². The van der Waals surface area contributed by atoms with Crippen LogP contribution in [0, 0.1) is 0 Å². The molecule has 24 heavy (non-hydrogen) atoms. The van der Waals surface area contributed by atoms with Crippen LogP contribution in [0.4, 0.5) is 5.69 Å². The van der Waals surface area contributed by atoms with E-state index in [1.165, 1.54) is 6.08 Å². The Morgan fingerprint density at radius 3 is 2.58 bits per heavy atom. The SMILES string of the molecule is COc1ccc(C=CC(=O)OCC(=O)Nc2cccc(Cl)c2)cc1. The summed E-state index contributed by atoms with van der Waals surface area (Å²) < 4.78 is 9.92. The van der Waals surface area contributed by atoms with E-state index in [1.54, 1.807) is 61.7 Å². The zero-order chi connectivity index (χ0) is 17.4. The lowest BCUT2D eigenvalue weighted by Gasteiger charge is -2.05. The second-order valence-electron chi connectivity index (χ2n) is 4.77. The second kappa shape index (κ2) is 8.74. The third-order valence-corrected chi connectivity index (χ3v) is 3.22. The van der Waals surface area contributed by atoms with Crippen molar-refractivity contribution in [2.24, 2.45) is 0 Å². The number of esters is 1. The van der Waals surface area contributed by atoms with E-state index in [0.717, 1.165) is 11.3 Å². The van der Waals surface area contributed by atoms with Gasteiger partial charge in [0.1, 0.15) is 5.75 Å². The van der Waals surface area contributed by atoms with E-state index in [9.17, 15) is 9.59 Å². The molecule has 0 saturated carbocycles. The molecular weight excluding hydrogens is 330 g/mol. The first kappa shape index (κ1) is 17.6. The Balaban J connectivity index is 1.79. The van der Waals surface area contributed by atoms with Gasteiger partial charge in [-0.3, -0.25) is 4.79 Å². The summed E-state index contributed by atoms with van der Waals surface area (Å²) in [7, 11) is 1.58. The molecule has 0 aromatic heterocycles. The van der Waals surface area contributed by atoms with Crippen molar-refractivity contribution in [3.8, 4) is 5.75 Å². The number of hydrogen-bond acceptors (Lipinski definition) is 4. The van der Waals surface area contributed by atoms with Gasteiger partial charge in [0.2, 0.25) is 0 Å². The number of amides is 1. The van der Waals surface area contributed by atoms with Crippen molar-refractivity contribution < 1.29 is 19.1 Å². The van der Waals surface area contributed by atoms with Crippen LogP contribution in [0.5, 0.6) is 5.75 Å². The zero-order valence-corrected chi connectivity index (χ0v) is 13.7. The number of ether oxygens (including phenoxy) is 2. The molecule has 0 aliphatic heterocycles. The highest BCUT2D eigenvalue weighted by atomic mass is 35.5. The van der Waals surface area contributed by atoms with E-state index in [4.69, 9.17) is 21.1 Å². The summed E-state index contributed by atoms with van der Waals surface area (Å²) in [6.45, 7) is -0.377.